The van der Waals surface area contributed by atoms with Crippen LogP contribution in [0.4, 0.5) is 10.5 Å². The third-order valence-electron chi connectivity index (χ3n) is 3.87. The first-order valence-electron chi connectivity index (χ1n) is 7.37. The zero-order chi connectivity index (χ0) is 15.8. The van der Waals surface area contributed by atoms with Crippen molar-refractivity contribution in [3.63, 3.8) is 0 Å². The standard InChI is InChI=1S/C17H25NO3/c1-16(2,3)21-15(20)18-13-9-7-6-8-12(13)10-17(4,5)14(18)11-19/h6-9,14,19H,10-11H2,1-5H3. The summed E-state index contributed by atoms with van der Waals surface area (Å²) in [5.74, 6) is 0. The van der Waals surface area contributed by atoms with E-state index in [9.17, 15) is 9.90 Å². The molecule has 0 spiro atoms. The molecule has 0 fully saturated rings. The summed E-state index contributed by atoms with van der Waals surface area (Å²) in [5, 5.41) is 9.82. The fraction of sp³-hybridized carbons (Fsp3) is 0.588. The molecule has 0 saturated heterocycles. The second-order valence-electron chi connectivity index (χ2n) is 7.34. The van der Waals surface area contributed by atoms with Crippen molar-refractivity contribution in [2.45, 2.75) is 52.7 Å². The van der Waals surface area contributed by atoms with E-state index in [1.807, 2.05) is 45.0 Å². The molecule has 0 radical (unpaired) electrons. The van der Waals surface area contributed by atoms with Crippen molar-refractivity contribution in [3.8, 4) is 0 Å². The Morgan fingerprint density at radius 1 is 1.38 bits per heavy atom. The summed E-state index contributed by atoms with van der Waals surface area (Å²) in [6, 6.07) is 7.53. The van der Waals surface area contributed by atoms with Crippen LogP contribution in [0.1, 0.15) is 40.2 Å². The van der Waals surface area contributed by atoms with E-state index in [4.69, 9.17) is 4.74 Å². The lowest BCUT2D eigenvalue weighted by molar-refractivity contribution is 0.0488. The number of nitrogens with zero attached hydrogens (tertiary/aromatic N) is 1. The molecule has 0 saturated carbocycles. The Kier molecular flexibility index (Phi) is 4.02. The van der Waals surface area contributed by atoms with Crippen LogP contribution in [0.25, 0.3) is 0 Å². The van der Waals surface area contributed by atoms with Crippen LogP contribution in [-0.4, -0.2) is 29.4 Å². The highest BCUT2D eigenvalue weighted by atomic mass is 16.6. The van der Waals surface area contributed by atoms with Crippen molar-refractivity contribution in [2.75, 3.05) is 11.5 Å². The first-order chi connectivity index (χ1) is 9.65. The Bertz CT molecular complexity index is 531. The van der Waals surface area contributed by atoms with Gasteiger partial charge in [-0.2, -0.15) is 0 Å². The van der Waals surface area contributed by atoms with Gasteiger partial charge >= 0.3 is 6.09 Å². The van der Waals surface area contributed by atoms with Crippen molar-refractivity contribution < 1.29 is 14.6 Å². The molecule has 0 aromatic heterocycles. The number of carbonyl (C=O) groups is 1. The Hall–Kier alpha value is -1.55. The summed E-state index contributed by atoms with van der Waals surface area (Å²) in [7, 11) is 0. The summed E-state index contributed by atoms with van der Waals surface area (Å²) in [5.41, 5.74) is 1.18. The summed E-state index contributed by atoms with van der Waals surface area (Å²) < 4.78 is 5.54. The maximum absolute atomic E-state index is 12.6. The van der Waals surface area contributed by atoms with Gasteiger partial charge in [-0.3, -0.25) is 4.90 Å². The van der Waals surface area contributed by atoms with Crippen LogP contribution < -0.4 is 4.90 Å². The quantitative estimate of drug-likeness (QED) is 0.863. The molecule has 1 aliphatic rings. The maximum atomic E-state index is 12.6. The Balaban J connectivity index is 2.46. The van der Waals surface area contributed by atoms with E-state index in [-0.39, 0.29) is 18.1 Å². The minimum absolute atomic E-state index is 0.0828. The van der Waals surface area contributed by atoms with Gasteiger partial charge in [0.1, 0.15) is 5.60 Å². The number of aliphatic hydroxyl groups excluding tert-OH is 1. The number of rotatable bonds is 1. The average molecular weight is 291 g/mol. The number of fused-ring (bicyclic) bond motifs is 1. The number of ether oxygens (including phenoxy) is 1. The van der Waals surface area contributed by atoms with Crippen LogP contribution in [0, 0.1) is 5.41 Å². The van der Waals surface area contributed by atoms with Crippen molar-refractivity contribution in [3.05, 3.63) is 29.8 Å². The van der Waals surface area contributed by atoms with E-state index in [0.717, 1.165) is 17.7 Å². The number of para-hydroxylation sites is 1. The Morgan fingerprint density at radius 3 is 2.57 bits per heavy atom. The van der Waals surface area contributed by atoms with E-state index >= 15 is 0 Å². The van der Waals surface area contributed by atoms with Gasteiger partial charge in [-0.1, -0.05) is 32.0 Å². The van der Waals surface area contributed by atoms with Gasteiger partial charge in [0.15, 0.2) is 0 Å². The predicted molar refractivity (Wildman–Crippen MR) is 83.5 cm³/mol. The van der Waals surface area contributed by atoms with Gasteiger partial charge in [0.25, 0.3) is 0 Å². The molecule has 1 atom stereocenters. The second-order valence-corrected chi connectivity index (χ2v) is 7.34. The smallest absolute Gasteiger partial charge is 0.415 e. The van der Waals surface area contributed by atoms with Gasteiger partial charge in [0.05, 0.1) is 18.3 Å². The average Bonchev–Trinajstić information content (AvgIpc) is 2.33. The molecule has 2 rings (SSSR count). The van der Waals surface area contributed by atoms with Crippen molar-refractivity contribution >= 4 is 11.8 Å². The summed E-state index contributed by atoms with van der Waals surface area (Å²) in [6.45, 7) is 9.60. The molecule has 1 aromatic carbocycles. The van der Waals surface area contributed by atoms with Crippen LogP contribution in [0.15, 0.2) is 24.3 Å². The van der Waals surface area contributed by atoms with Gasteiger partial charge in [0.2, 0.25) is 0 Å². The largest absolute Gasteiger partial charge is 0.443 e. The lowest BCUT2D eigenvalue weighted by Crippen LogP contribution is -2.55. The fourth-order valence-electron chi connectivity index (χ4n) is 2.89. The highest BCUT2D eigenvalue weighted by Crippen LogP contribution is 2.41. The molecule has 1 unspecified atom stereocenters. The molecule has 4 heteroatoms. The third-order valence-corrected chi connectivity index (χ3v) is 3.87. The minimum Gasteiger partial charge on any atom is -0.443 e. The zero-order valence-corrected chi connectivity index (χ0v) is 13.5. The lowest BCUT2D eigenvalue weighted by Gasteiger charge is -2.46. The number of carbonyl (C=O) groups excluding carboxylic acids is 1. The number of benzene rings is 1. The molecule has 1 aliphatic heterocycles. The van der Waals surface area contributed by atoms with Crippen LogP contribution in [0.5, 0.6) is 0 Å². The highest BCUT2D eigenvalue weighted by molar-refractivity contribution is 5.90. The Labute approximate surface area is 126 Å². The normalized spacial score (nSPS) is 20.9. The van der Waals surface area contributed by atoms with E-state index in [2.05, 4.69) is 13.8 Å². The minimum atomic E-state index is -0.562. The second kappa shape index (κ2) is 5.34. The first-order valence-corrected chi connectivity index (χ1v) is 7.37. The molecule has 116 valence electrons. The van der Waals surface area contributed by atoms with Gasteiger partial charge in [-0.05, 0) is 44.2 Å². The predicted octanol–water partition coefficient (Wildman–Crippen LogP) is 3.37. The van der Waals surface area contributed by atoms with Gasteiger partial charge in [-0.15, -0.1) is 0 Å². The SMILES string of the molecule is CC(C)(C)OC(=O)N1c2ccccc2CC(C)(C)C1CO. The highest BCUT2D eigenvalue weighted by Gasteiger charge is 2.43. The third kappa shape index (κ3) is 3.21. The van der Waals surface area contributed by atoms with Crippen LogP contribution in [-0.2, 0) is 11.2 Å². The topological polar surface area (TPSA) is 49.8 Å². The summed E-state index contributed by atoms with van der Waals surface area (Å²) in [4.78, 5) is 14.2. The molecule has 4 nitrogen and oxygen atoms in total. The Morgan fingerprint density at radius 2 is 2.00 bits per heavy atom. The number of hydrogen-bond donors (Lipinski definition) is 1. The van der Waals surface area contributed by atoms with Gasteiger partial charge in [0, 0.05) is 0 Å². The van der Waals surface area contributed by atoms with E-state index < -0.39 is 11.7 Å². The van der Waals surface area contributed by atoms with Crippen molar-refractivity contribution in [1.82, 2.24) is 0 Å². The van der Waals surface area contributed by atoms with Crippen molar-refractivity contribution in [2.24, 2.45) is 5.41 Å². The fourth-order valence-corrected chi connectivity index (χ4v) is 2.89. The lowest BCUT2D eigenvalue weighted by atomic mass is 9.74. The number of amides is 1. The molecule has 1 aromatic rings. The maximum Gasteiger partial charge on any atom is 0.415 e. The molecule has 21 heavy (non-hydrogen) atoms. The number of aliphatic hydroxyl groups is 1. The first kappa shape index (κ1) is 15.8. The molecule has 1 heterocycles. The molecule has 1 amide bonds. The van der Waals surface area contributed by atoms with Gasteiger partial charge in [-0.25, -0.2) is 4.79 Å². The van der Waals surface area contributed by atoms with Crippen LogP contribution in [0.3, 0.4) is 0 Å². The van der Waals surface area contributed by atoms with E-state index in [1.54, 1.807) is 4.90 Å². The zero-order valence-electron chi connectivity index (χ0n) is 13.5. The summed E-state index contributed by atoms with van der Waals surface area (Å²) >= 11 is 0. The number of hydrogen-bond acceptors (Lipinski definition) is 3. The van der Waals surface area contributed by atoms with Gasteiger partial charge < -0.3 is 9.84 Å². The van der Waals surface area contributed by atoms with Crippen LogP contribution in [0.2, 0.25) is 0 Å². The summed E-state index contributed by atoms with van der Waals surface area (Å²) in [6.07, 6.45) is 0.426. The molecular formula is C17H25NO3. The molecule has 0 bridgehead atoms. The molecular weight excluding hydrogens is 266 g/mol. The van der Waals surface area contributed by atoms with E-state index in [1.165, 1.54) is 0 Å². The number of anilines is 1. The monoisotopic (exact) mass is 291 g/mol. The van der Waals surface area contributed by atoms with E-state index in [0.29, 0.717) is 0 Å². The molecule has 1 N–H and O–H groups in total. The van der Waals surface area contributed by atoms with Crippen molar-refractivity contribution in [1.29, 1.82) is 0 Å². The van der Waals surface area contributed by atoms with Crippen LogP contribution >= 0.6 is 0 Å². The molecule has 0 aliphatic carbocycles.